The Kier molecular flexibility index (Phi) is 4.68. The van der Waals surface area contributed by atoms with Crippen molar-refractivity contribution in [2.75, 3.05) is 31.1 Å². The maximum absolute atomic E-state index is 13.0. The highest BCUT2D eigenvalue weighted by atomic mass is 32.1. The van der Waals surface area contributed by atoms with Crippen molar-refractivity contribution in [3.63, 3.8) is 0 Å². The molecule has 2 heterocycles. The molecule has 1 aliphatic rings. The standard InChI is InChI=1S/C24H23N3OS/c1-2-17-7-10-21-22(15-17)29-24(25-21)27-13-11-26(12-14-27)23(28)20-9-8-18-5-3-4-6-19(18)16-20/h3-10,15-16H,2,11-14H2,1H3. The van der Waals surface area contributed by atoms with Crippen molar-refractivity contribution >= 4 is 43.4 Å². The molecule has 1 fully saturated rings. The van der Waals surface area contributed by atoms with Gasteiger partial charge in [0, 0.05) is 31.7 Å². The molecule has 1 amide bonds. The first-order valence-corrected chi connectivity index (χ1v) is 11.0. The second-order valence-electron chi connectivity index (χ2n) is 7.49. The summed E-state index contributed by atoms with van der Waals surface area (Å²) in [7, 11) is 0. The van der Waals surface area contributed by atoms with Gasteiger partial charge in [-0.05, 0) is 47.0 Å². The number of aryl methyl sites for hydroxylation is 1. The van der Waals surface area contributed by atoms with Gasteiger partial charge in [0.25, 0.3) is 5.91 Å². The minimum atomic E-state index is 0.118. The Morgan fingerprint density at radius 2 is 1.76 bits per heavy atom. The van der Waals surface area contributed by atoms with Gasteiger partial charge in [0.05, 0.1) is 10.2 Å². The smallest absolute Gasteiger partial charge is 0.253 e. The summed E-state index contributed by atoms with van der Waals surface area (Å²) in [5.74, 6) is 0.118. The molecule has 1 aromatic heterocycles. The number of rotatable bonds is 3. The van der Waals surface area contributed by atoms with Crippen molar-refractivity contribution in [2.24, 2.45) is 0 Å². The maximum Gasteiger partial charge on any atom is 0.253 e. The number of piperazine rings is 1. The van der Waals surface area contributed by atoms with Crippen molar-refractivity contribution in [1.82, 2.24) is 9.88 Å². The number of nitrogens with zero attached hydrogens (tertiary/aromatic N) is 3. The van der Waals surface area contributed by atoms with Crippen LogP contribution in [0.4, 0.5) is 5.13 Å². The van der Waals surface area contributed by atoms with Crippen LogP contribution in [0.2, 0.25) is 0 Å². The number of carbonyl (C=O) groups is 1. The van der Waals surface area contributed by atoms with Crippen molar-refractivity contribution in [2.45, 2.75) is 13.3 Å². The lowest BCUT2D eigenvalue weighted by Crippen LogP contribution is -2.48. The third kappa shape index (κ3) is 3.47. The van der Waals surface area contributed by atoms with Crippen molar-refractivity contribution in [3.05, 3.63) is 71.8 Å². The number of anilines is 1. The Morgan fingerprint density at radius 1 is 0.966 bits per heavy atom. The molecule has 4 nitrogen and oxygen atoms in total. The van der Waals surface area contributed by atoms with Gasteiger partial charge in [-0.3, -0.25) is 4.79 Å². The van der Waals surface area contributed by atoms with Gasteiger partial charge in [0.1, 0.15) is 0 Å². The molecule has 3 aromatic carbocycles. The van der Waals surface area contributed by atoms with E-state index in [1.807, 2.05) is 35.2 Å². The Hall–Kier alpha value is -2.92. The van der Waals surface area contributed by atoms with Gasteiger partial charge in [-0.25, -0.2) is 4.98 Å². The number of amides is 1. The highest BCUT2D eigenvalue weighted by Crippen LogP contribution is 2.30. The Labute approximate surface area is 174 Å². The summed E-state index contributed by atoms with van der Waals surface area (Å²) < 4.78 is 1.24. The van der Waals surface area contributed by atoms with Gasteiger partial charge in [-0.15, -0.1) is 0 Å². The number of hydrogen-bond acceptors (Lipinski definition) is 4. The van der Waals surface area contributed by atoms with Crippen LogP contribution in [-0.4, -0.2) is 42.0 Å². The average Bonchev–Trinajstić information content (AvgIpc) is 3.21. The zero-order valence-corrected chi connectivity index (χ0v) is 17.3. The summed E-state index contributed by atoms with van der Waals surface area (Å²) in [6, 6.07) is 20.7. The summed E-state index contributed by atoms with van der Waals surface area (Å²) in [6.07, 6.45) is 1.04. The fraction of sp³-hybridized carbons (Fsp3) is 0.250. The molecule has 0 aliphatic carbocycles. The van der Waals surface area contributed by atoms with Crippen LogP contribution in [0.5, 0.6) is 0 Å². The number of benzene rings is 3. The number of thiazole rings is 1. The molecule has 146 valence electrons. The molecular formula is C24H23N3OS. The van der Waals surface area contributed by atoms with Crippen molar-refractivity contribution in [1.29, 1.82) is 0 Å². The van der Waals surface area contributed by atoms with E-state index in [0.29, 0.717) is 0 Å². The molecule has 0 spiro atoms. The van der Waals surface area contributed by atoms with Gasteiger partial charge in [0.2, 0.25) is 0 Å². The van der Waals surface area contributed by atoms with Crippen LogP contribution in [0.1, 0.15) is 22.8 Å². The van der Waals surface area contributed by atoms with Crippen LogP contribution < -0.4 is 4.90 Å². The molecule has 1 saturated heterocycles. The van der Waals surface area contributed by atoms with Crippen LogP contribution in [0, 0.1) is 0 Å². The van der Waals surface area contributed by atoms with Gasteiger partial charge in [-0.2, -0.15) is 0 Å². The van der Waals surface area contributed by atoms with E-state index >= 15 is 0 Å². The summed E-state index contributed by atoms with van der Waals surface area (Å²) >= 11 is 1.75. The molecule has 1 aliphatic heterocycles. The number of carbonyl (C=O) groups excluding carboxylic acids is 1. The van der Waals surface area contributed by atoms with Crippen molar-refractivity contribution < 1.29 is 4.79 Å². The second-order valence-corrected chi connectivity index (χ2v) is 8.50. The SMILES string of the molecule is CCc1ccc2nc(N3CCN(C(=O)c4ccc5ccccc5c4)CC3)sc2c1. The first-order chi connectivity index (χ1) is 14.2. The van der Waals surface area contributed by atoms with E-state index < -0.39 is 0 Å². The van der Waals surface area contributed by atoms with E-state index in [9.17, 15) is 4.79 Å². The van der Waals surface area contributed by atoms with E-state index in [0.717, 1.165) is 59.6 Å². The molecule has 5 rings (SSSR count). The predicted molar refractivity (Wildman–Crippen MR) is 121 cm³/mol. The zero-order chi connectivity index (χ0) is 19.8. The van der Waals surface area contributed by atoms with Gasteiger partial charge in [-0.1, -0.05) is 54.7 Å². The molecule has 5 heteroatoms. The normalized spacial score (nSPS) is 14.7. The van der Waals surface area contributed by atoms with E-state index in [1.165, 1.54) is 10.3 Å². The van der Waals surface area contributed by atoms with E-state index in [1.54, 1.807) is 11.3 Å². The fourth-order valence-electron chi connectivity index (χ4n) is 3.92. The number of hydrogen-bond donors (Lipinski definition) is 0. The Morgan fingerprint density at radius 3 is 2.55 bits per heavy atom. The molecule has 0 atom stereocenters. The minimum Gasteiger partial charge on any atom is -0.345 e. The maximum atomic E-state index is 13.0. The Balaban J connectivity index is 1.30. The Bertz CT molecular complexity index is 1190. The second kappa shape index (κ2) is 7.48. The summed E-state index contributed by atoms with van der Waals surface area (Å²) in [6.45, 7) is 5.26. The third-order valence-electron chi connectivity index (χ3n) is 5.68. The fourth-order valence-corrected chi connectivity index (χ4v) is 5.00. The third-order valence-corrected chi connectivity index (χ3v) is 6.76. The van der Waals surface area contributed by atoms with E-state index in [4.69, 9.17) is 4.98 Å². The quantitative estimate of drug-likeness (QED) is 0.486. The molecule has 0 unspecified atom stereocenters. The van der Waals surface area contributed by atoms with Gasteiger partial charge < -0.3 is 9.80 Å². The van der Waals surface area contributed by atoms with E-state index in [-0.39, 0.29) is 5.91 Å². The molecule has 0 radical (unpaired) electrons. The van der Waals surface area contributed by atoms with Crippen LogP contribution >= 0.6 is 11.3 Å². The minimum absolute atomic E-state index is 0.118. The molecule has 0 saturated carbocycles. The van der Waals surface area contributed by atoms with E-state index in [2.05, 4.69) is 42.2 Å². The lowest BCUT2D eigenvalue weighted by atomic mass is 10.1. The van der Waals surface area contributed by atoms with Crippen LogP contribution in [0.3, 0.4) is 0 Å². The molecule has 4 aromatic rings. The lowest BCUT2D eigenvalue weighted by molar-refractivity contribution is 0.0747. The molecule has 0 N–H and O–H groups in total. The largest absolute Gasteiger partial charge is 0.345 e. The average molecular weight is 402 g/mol. The summed E-state index contributed by atoms with van der Waals surface area (Å²) in [4.78, 5) is 22.1. The first kappa shape index (κ1) is 18.1. The highest BCUT2D eigenvalue weighted by Gasteiger charge is 2.24. The topological polar surface area (TPSA) is 36.4 Å². The predicted octanol–water partition coefficient (Wildman–Crippen LogP) is 4.97. The van der Waals surface area contributed by atoms with Gasteiger partial charge >= 0.3 is 0 Å². The van der Waals surface area contributed by atoms with Crippen molar-refractivity contribution in [3.8, 4) is 0 Å². The molecule has 29 heavy (non-hydrogen) atoms. The number of aromatic nitrogens is 1. The van der Waals surface area contributed by atoms with Crippen LogP contribution in [0.15, 0.2) is 60.7 Å². The summed E-state index contributed by atoms with van der Waals surface area (Å²) in [5, 5.41) is 3.33. The van der Waals surface area contributed by atoms with Gasteiger partial charge in [0.15, 0.2) is 5.13 Å². The zero-order valence-electron chi connectivity index (χ0n) is 16.5. The highest BCUT2D eigenvalue weighted by molar-refractivity contribution is 7.22. The number of fused-ring (bicyclic) bond motifs is 2. The monoisotopic (exact) mass is 401 g/mol. The molecular weight excluding hydrogens is 378 g/mol. The molecule has 0 bridgehead atoms. The first-order valence-electron chi connectivity index (χ1n) is 10.1. The van der Waals surface area contributed by atoms with Crippen LogP contribution in [-0.2, 0) is 6.42 Å². The lowest BCUT2D eigenvalue weighted by Gasteiger charge is -2.34. The summed E-state index contributed by atoms with van der Waals surface area (Å²) in [5.41, 5.74) is 3.18. The van der Waals surface area contributed by atoms with Crippen LogP contribution in [0.25, 0.3) is 21.0 Å².